The van der Waals surface area contributed by atoms with E-state index in [9.17, 15) is 31.1 Å². The molecule has 15 heteroatoms. The topological polar surface area (TPSA) is 92.4 Å². The molecule has 4 rings (SSSR count). The molecule has 1 amide bonds. The van der Waals surface area contributed by atoms with Gasteiger partial charge in [0.2, 0.25) is 0 Å². The first-order chi connectivity index (χ1) is 14.9. The Morgan fingerprint density at radius 2 is 2.00 bits per heavy atom. The van der Waals surface area contributed by atoms with E-state index in [-0.39, 0.29) is 30.1 Å². The number of anilines is 2. The van der Waals surface area contributed by atoms with Gasteiger partial charge in [0.05, 0.1) is 11.9 Å². The third-order valence-corrected chi connectivity index (χ3v) is 4.86. The Hall–Kier alpha value is -3.36. The number of nitrogens with one attached hydrogen (secondary N) is 2. The summed E-state index contributed by atoms with van der Waals surface area (Å²) in [6.45, 7) is -0.00882. The van der Waals surface area contributed by atoms with Crippen LogP contribution >= 0.6 is 0 Å². The van der Waals surface area contributed by atoms with Gasteiger partial charge in [-0.25, -0.2) is 9.50 Å². The van der Waals surface area contributed by atoms with Crippen molar-refractivity contribution in [2.75, 3.05) is 29.9 Å². The standard InChI is InChI=1S/C17H16F6N8O/c1-29-8-10(13(28-29)17(21,22)23)26-15(32)9-6-25-31-4-2-12(27-14(9)31)30-5-3-24-7-11(30)16(18,19)20/h2,4,6,8,11,24H,3,5,7H2,1H3,(H,26,32). The molecule has 3 aromatic heterocycles. The van der Waals surface area contributed by atoms with Crippen LogP contribution in [0.1, 0.15) is 16.1 Å². The quantitative estimate of drug-likeness (QED) is 0.580. The average molecular weight is 462 g/mol. The van der Waals surface area contributed by atoms with E-state index >= 15 is 0 Å². The zero-order valence-electron chi connectivity index (χ0n) is 16.4. The smallest absolute Gasteiger partial charge is 0.342 e. The van der Waals surface area contributed by atoms with Crippen molar-refractivity contribution in [1.29, 1.82) is 0 Å². The molecule has 1 aliphatic rings. The molecule has 2 N–H and O–H groups in total. The van der Waals surface area contributed by atoms with Crippen molar-refractivity contribution in [2.24, 2.45) is 7.05 Å². The summed E-state index contributed by atoms with van der Waals surface area (Å²) < 4.78 is 81.7. The van der Waals surface area contributed by atoms with Crippen molar-refractivity contribution < 1.29 is 31.1 Å². The molecule has 0 aliphatic carbocycles. The molecule has 1 unspecified atom stereocenters. The molecular weight excluding hydrogens is 446 g/mol. The van der Waals surface area contributed by atoms with E-state index in [0.717, 1.165) is 26.5 Å². The SMILES string of the molecule is Cn1cc(NC(=O)c2cnn3ccc(N4CCNCC4C(F)(F)F)nc23)c(C(F)(F)F)n1. The molecule has 9 nitrogen and oxygen atoms in total. The van der Waals surface area contributed by atoms with Gasteiger partial charge in [0, 0.05) is 39.1 Å². The lowest BCUT2D eigenvalue weighted by atomic mass is 10.2. The molecule has 1 atom stereocenters. The third-order valence-electron chi connectivity index (χ3n) is 4.86. The number of carbonyl (C=O) groups is 1. The van der Waals surface area contributed by atoms with Crippen LogP contribution in [-0.2, 0) is 13.2 Å². The number of rotatable bonds is 3. The van der Waals surface area contributed by atoms with Crippen LogP contribution in [0.3, 0.4) is 0 Å². The van der Waals surface area contributed by atoms with Gasteiger partial charge in [0.1, 0.15) is 17.4 Å². The summed E-state index contributed by atoms with van der Waals surface area (Å²) in [6.07, 6.45) is -5.93. The number of alkyl halides is 6. The summed E-state index contributed by atoms with van der Waals surface area (Å²) in [4.78, 5) is 17.9. The van der Waals surface area contributed by atoms with Crippen molar-refractivity contribution in [1.82, 2.24) is 29.7 Å². The molecule has 1 aliphatic heterocycles. The van der Waals surface area contributed by atoms with Crippen LogP contribution in [-0.4, -0.2) is 62.1 Å². The van der Waals surface area contributed by atoms with Crippen LogP contribution in [0.5, 0.6) is 0 Å². The third kappa shape index (κ3) is 4.06. The van der Waals surface area contributed by atoms with Crippen LogP contribution in [0.4, 0.5) is 37.8 Å². The summed E-state index contributed by atoms with van der Waals surface area (Å²) >= 11 is 0. The highest BCUT2D eigenvalue weighted by Crippen LogP contribution is 2.34. The van der Waals surface area contributed by atoms with Crippen molar-refractivity contribution in [3.63, 3.8) is 0 Å². The molecule has 0 spiro atoms. The Labute approximate surface area is 176 Å². The molecule has 0 saturated carbocycles. The molecule has 172 valence electrons. The van der Waals surface area contributed by atoms with E-state index in [2.05, 4.69) is 25.8 Å². The molecule has 4 heterocycles. The molecule has 0 radical (unpaired) electrons. The van der Waals surface area contributed by atoms with E-state index in [0.29, 0.717) is 6.54 Å². The minimum atomic E-state index is -4.80. The molecule has 32 heavy (non-hydrogen) atoms. The minimum Gasteiger partial charge on any atom is -0.342 e. The Bertz CT molecular complexity index is 1150. The van der Waals surface area contributed by atoms with Crippen molar-refractivity contribution in [3.05, 3.63) is 35.9 Å². The van der Waals surface area contributed by atoms with Crippen LogP contribution in [0.2, 0.25) is 0 Å². The van der Waals surface area contributed by atoms with Gasteiger partial charge < -0.3 is 15.5 Å². The summed E-state index contributed by atoms with van der Waals surface area (Å²) in [5.41, 5.74) is -2.16. The lowest BCUT2D eigenvalue weighted by Gasteiger charge is -2.37. The van der Waals surface area contributed by atoms with Gasteiger partial charge in [-0.05, 0) is 6.07 Å². The van der Waals surface area contributed by atoms with E-state index in [4.69, 9.17) is 0 Å². The monoisotopic (exact) mass is 462 g/mol. The number of nitrogens with zero attached hydrogens (tertiary/aromatic N) is 6. The lowest BCUT2D eigenvalue weighted by molar-refractivity contribution is -0.149. The number of hydrogen-bond donors (Lipinski definition) is 2. The Morgan fingerprint density at radius 1 is 1.25 bits per heavy atom. The molecule has 3 aromatic rings. The fraction of sp³-hybridized carbons (Fsp3) is 0.412. The summed E-state index contributed by atoms with van der Waals surface area (Å²) in [5, 5.41) is 12.0. The second-order valence-electron chi connectivity index (χ2n) is 7.08. The highest BCUT2D eigenvalue weighted by molar-refractivity contribution is 6.08. The van der Waals surface area contributed by atoms with Gasteiger partial charge in [-0.2, -0.15) is 36.5 Å². The Balaban J connectivity index is 1.67. The average Bonchev–Trinajstić information content (AvgIpc) is 3.30. The second kappa shape index (κ2) is 7.65. The Kier molecular flexibility index (Phi) is 5.22. The highest BCUT2D eigenvalue weighted by atomic mass is 19.4. The number of amides is 1. The normalized spacial score (nSPS) is 17.7. The fourth-order valence-corrected chi connectivity index (χ4v) is 3.43. The highest BCUT2D eigenvalue weighted by Gasteiger charge is 2.45. The van der Waals surface area contributed by atoms with Crippen LogP contribution in [0.15, 0.2) is 24.7 Å². The van der Waals surface area contributed by atoms with Crippen molar-refractivity contribution in [2.45, 2.75) is 18.4 Å². The Morgan fingerprint density at radius 3 is 2.69 bits per heavy atom. The first-order valence-corrected chi connectivity index (χ1v) is 9.26. The first-order valence-electron chi connectivity index (χ1n) is 9.26. The predicted molar refractivity (Wildman–Crippen MR) is 99.2 cm³/mol. The number of fused-ring (bicyclic) bond motifs is 1. The number of aromatic nitrogens is 5. The molecule has 0 aromatic carbocycles. The first kappa shape index (κ1) is 21.9. The molecular formula is C17H16F6N8O. The predicted octanol–water partition coefficient (Wildman–Crippen LogP) is 2.07. The number of aryl methyl sites for hydroxylation is 1. The summed E-state index contributed by atoms with van der Waals surface area (Å²) in [7, 11) is 1.26. The number of carbonyl (C=O) groups excluding carboxylic acids is 1. The number of hydrogen-bond acceptors (Lipinski definition) is 6. The van der Waals surface area contributed by atoms with Gasteiger partial charge in [-0.1, -0.05) is 0 Å². The molecule has 0 bridgehead atoms. The van der Waals surface area contributed by atoms with Crippen molar-refractivity contribution >= 4 is 23.1 Å². The van der Waals surface area contributed by atoms with Crippen LogP contribution < -0.4 is 15.5 Å². The minimum absolute atomic E-state index is 0.0215. The second-order valence-corrected chi connectivity index (χ2v) is 7.08. The van der Waals surface area contributed by atoms with E-state index in [1.807, 2.05) is 0 Å². The van der Waals surface area contributed by atoms with Crippen molar-refractivity contribution in [3.8, 4) is 0 Å². The lowest BCUT2D eigenvalue weighted by Crippen LogP contribution is -2.58. The summed E-state index contributed by atoms with van der Waals surface area (Å²) in [6, 6.07) is -0.495. The van der Waals surface area contributed by atoms with Gasteiger partial charge in [-0.15, -0.1) is 0 Å². The van der Waals surface area contributed by atoms with Crippen LogP contribution in [0.25, 0.3) is 5.65 Å². The zero-order chi connectivity index (χ0) is 23.3. The number of halogens is 6. The number of piperazine rings is 1. The fourth-order valence-electron chi connectivity index (χ4n) is 3.43. The molecule has 1 saturated heterocycles. The van der Waals surface area contributed by atoms with Gasteiger partial charge in [0.15, 0.2) is 11.3 Å². The van der Waals surface area contributed by atoms with E-state index in [1.165, 1.54) is 19.3 Å². The van der Waals surface area contributed by atoms with Gasteiger partial charge >= 0.3 is 12.4 Å². The molecule has 1 fully saturated rings. The zero-order valence-corrected chi connectivity index (χ0v) is 16.4. The van der Waals surface area contributed by atoms with Gasteiger partial charge in [0.25, 0.3) is 5.91 Å². The maximum absolute atomic E-state index is 13.4. The largest absolute Gasteiger partial charge is 0.437 e. The van der Waals surface area contributed by atoms with E-state index in [1.54, 1.807) is 0 Å². The van der Waals surface area contributed by atoms with E-state index < -0.39 is 35.7 Å². The summed E-state index contributed by atoms with van der Waals surface area (Å²) in [5.74, 6) is -0.996. The van der Waals surface area contributed by atoms with Gasteiger partial charge in [-0.3, -0.25) is 9.48 Å². The maximum atomic E-state index is 13.4. The maximum Gasteiger partial charge on any atom is 0.437 e. The van der Waals surface area contributed by atoms with Crippen LogP contribution in [0, 0.1) is 0 Å².